The number of nitrogens with two attached hydrogens (primary N) is 3. The second kappa shape index (κ2) is 10.6. The fourth-order valence-electron chi connectivity index (χ4n) is 4.44. The number of methoxy groups -OCH3 is 1. The predicted molar refractivity (Wildman–Crippen MR) is 162 cm³/mol. The molecule has 8 heteroatoms. The SMILES string of the molecule is COC1=C(Nc2ccc(N)c(C)c2C)/C(=N\c2ccc(N)c(C)c2C)C=C(Nc2ccc(N)c(C)c2C)C1=O. The van der Waals surface area contributed by atoms with Crippen molar-refractivity contribution in [1.82, 2.24) is 0 Å². The van der Waals surface area contributed by atoms with Crippen molar-refractivity contribution in [3.8, 4) is 0 Å². The van der Waals surface area contributed by atoms with Crippen LogP contribution in [0.3, 0.4) is 0 Å². The highest BCUT2D eigenvalue weighted by Crippen LogP contribution is 2.33. The first-order valence-corrected chi connectivity index (χ1v) is 12.7. The van der Waals surface area contributed by atoms with Crippen LogP contribution in [0, 0.1) is 41.5 Å². The summed E-state index contributed by atoms with van der Waals surface area (Å²) in [5.74, 6) is -0.162. The largest absolute Gasteiger partial charge is 0.491 e. The van der Waals surface area contributed by atoms with Crippen molar-refractivity contribution in [2.45, 2.75) is 41.5 Å². The lowest BCUT2D eigenvalue weighted by Gasteiger charge is -2.24. The lowest BCUT2D eigenvalue weighted by molar-refractivity contribution is -0.115. The van der Waals surface area contributed by atoms with E-state index in [2.05, 4.69) is 10.6 Å². The summed E-state index contributed by atoms with van der Waals surface area (Å²) in [6.07, 6.45) is 1.74. The van der Waals surface area contributed by atoms with E-state index in [1.807, 2.05) is 77.9 Å². The Bertz CT molecular complexity index is 1600. The topological polar surface area (TPSA) is 141 Å². The van der Waals surface area contributed by atoms with Crippen molar-refractivity contribution in [1.29, 1.82) is 0 Å². The Kier molecular flexibility index (Phi) is 7.40. The Hall–Kier alpha value is -4.72. The molecule has 0 atom stereocenters. The monoisotopic (exact) mass is 524 g/mol. The lowest BCUT2D eigenvalue weighted by atomic mass is 9.99. The molecule has 39 heavy (non-hydrogen) atoms. The van der Waals surface area contributed by atoms with E-state index in [1.165, 1.54) is 7.11 Å². The van der Waals surface area contributed by atoms with Crippen LogP contribution in [-0.4, -0.2) is 18.6 Å². The van der Waals surface area contributed by atoms with Gasteiger partial charge in [-0.2, -0.15) is 0 Å². The van der Waals surface area contributed by atoms with Crippen LogP contribution in [0.1, 0.15) is 33.4 Å². The normalized spacial score (nSPS) is 14.5. The molecule has 1 aliphatic rings. The number of nitrogen functional groups attached to an aromatic ring is 3. The molecule has 0 fully saturated rings. The Balaban J connectivity index is 1.89. The number of allylic oxidation sites excluding steroid dienone is 1. The maximum Gasteiger partial charge on any atom is 0.245 e. The molecule has 0 saturated heterocycles. The number of ketones is 1. The van der Waals surface area contributed by atoms with E-state index in [0.29, 0.717) is 34.2 Å². The van der Waals surface area contributed by atoms with Crippen molar-refractivity contribution in [2.75, 3.05) is 34.9 Å². The minimum Gasteiger partial charge on any atom is -0.491 e. The number of carbonyl (C=O) groups is 1. The Labute approximate surface area is 229 Å². The number of benzene rings is 3. The fraction of sp³-hybridized carbons (Fsp3) is 0.226. The predicted octanol–water partition coefficient (Wildman–Crippen LogP) is 5.91. The number of Topliss-reactive ketones (excluding diaryl/α,β-unsaturated/α-hetero) is 1. The third-order valence-corrected chi connectivity index (χ3v) is 7.65. The summed E-state index contributed by atoms with van der Waals surface area (Å²) in [4.78, 5) is 18.7. The zero-order valence-electron chi connectivity index (χ0n) is 23.5. The first-order chi connectivity index (χ1) is 18.4. The molecule has 8 nitrogen and oxygen atoms in total. The molecule has 0 bridgehead atoms. The van der Waals surface area contributed by atoms with E-state index in [1.54, 1.807) is 6.08 Å². The van der Waals surface area contributed by atoms with Gasteiger partial charge in [-0.3, -0.25) is 4.79 Å². The fourth-order valence-corrected chi connectivity index (χ4v) is 4.44. The molecule has 0 heterocycles. The highest BCUT2D eigenvalue weighted by atomic mass is 16.5. The molecule has 0 aromatic heterocycles. The van der Waals surface area contributed by atoms with Crippen LogP contribution in [0.15, 0.2) is 64.6 Å². The summed E-state index contributed by atoms with van der Waals surface area (Å²) >= 11 is 0. The van der Waals surface area contributed by atoms with Crippen molar-refractivity contribution in [3.63, 3.8) is 0 Å². The van der Waals surface area contributed by atoms with Crippen molar-refractivity contribution in [2.24, 2.45) is 4.99 Å². The number of anilines is 5. The van der Waals surface area contributed by atoms with E-state index in [4.69, 9.17) is 26.9 Å². The van der Waals surface area contributed by atoms with Gasteiger partial charge in [0.05, 0.1) is 24.2 Å². The summed E-state index contributed by atoms with van der Waals surface area (Å²) in [5.41, 5.74) is 29.8. The molecular formula is C31H36N6O2. The Morgan fingerprint density at radius 1 is 0.667 bits per heavy atom. The number of rotatable bonds is 6. The van der Waals surface area contributed by atoms with Gasteiger partial charge in [0.25, 0.3) is 0 Å². The van der Waals surface area contributed by atoms with Gasteiger partial charge >= 0.3 is 0 Å². The van der Waals surface area contributed by atoms with Gasteiger partial charge in [-0.25, -0.2) is 4.99 Å². The van der Waals surface area contributed by atoms with Crippen LogP contribution < -0.4 is 27.8 Å². The Morgan fingerprint density at radius 2 is 1.15 bits per heavy atom. The molecule has 0 aliphatic heterocycles. The number of nitrogens with one attached hydrogen (secondary N) is 2. The average Bonchev–Trinajstić information content (AvgIpc) is 2.91. The minimum atomic E-state index is -0.303. The number of hydrogen-bond donors (Lipinski definition) is 5. The highest BCUT2D eigenvalue weighted by Gasteiger charge is 2.30. The maximum absolute atomic E-state index is 13.7. The molecule has 8 N–H and O–H groups in total. The van der Waals surface area contributed by atoms with E-state index in [0.717, 1.165) is 50.4 Å². The molecule has 4 rings (SSSR count). The highest BCUT2D eigenvalue weighted by molar-refractivity contribution is 6.26. The molecule has 3 aromatic rings. The van der Waals surface area contributed by atoms with Crippen molar-refractivity contribution >= 4 is 45.6 Å². The number of hydrogen-bond acceptors (Lipinski definition) is 8. The molecule has 1 aliphatic carbocycles. The number of ether oxygens (including phenoxy) is 1. The van der Waals surface area contributed by atoms with Crippen molar-refractivity contribution in [3.05, 3.63) is 93.0 Å². The standard InChI is InChI=1S/C31H36N6O2/c1-15-18(4)24(11-8-21(15)32)35-27-14-28(36-25-12-9-22(33)16(2)19(25)5)30(38)31(39-7)29(27)37-26-13-10-23(34)17(3)20(26)6/h8-14,36-37H,32-34H2,1-7H3/b35-27-. The summed E-state index contributed by atoms with van der Waals surface area (Å²) in [7, 11) is 1.48. The summed E-state index contributed by atoms with van der Waals surface area (Å²) in [5, 5.41) is 6.70. The van der Waals surface area contributed by atoms with E-state index in [9.17, 15) is 4.79 Å². The van der Waals surface area contributed by atoms with Crippen LogP contribution in [0.5, 0.6) is 0 Å². The van der Waals surface area contributed by atoms with Gasteiger partial charge in [0.1, 0.15) is 5.70 Å². The van der Waals surface area contributed by atoms with Gasteiger partial charge in [-0.15, -0.1) is 0 Å². The smallest absolute Gasteiger partial charge is 0.245 e. The zero-order valence-corrected chi connectivity index (χ0v) is 23.5. The molecule has 3 aromatic carbocycles. The second-order valence-corrected chi connectivity index (χ2v) is 9.87. The van der Waals surface area contributed by atoms with Gasteiger partial charge in [0.15, 0.2) is 5.76 Å². The van der Waals surface area contributed by atoms with Gasteiger partial charge in [-0.05, 0) is 117 Å². The molecule has 0 radical (unpaired) electrons. The summed E-state index contributed by atoms with van der Waals surface area (Å²) in [6, 6.07) is 11.1. The third-order valence-electron chi connectivity index (χ3n) is 7.65. The van der Waals surface area contributed by atoms with E-state index in [-0.39, 0.29) is 11.5 Å². The Morgan fingerprint density at radius 3 is 1.69 bits per heavy atom. The molecule has 0 spiro atoms. The minimum absolute atomic E-state index is 0.141. The zero-order chi connectivity index (χ0) is 28.6. The molecule has 202 valence electrons. The lowest BCUT2D eigenvalue weighted by Crippen LogP contribution is -2.28. The van der Waals surface area contributed by atoms with Gasteiger partial charge < -0.3 is 32.6 Å². The van der Waals surface area contributed by atoms with Crippen LogP contribution in [-0.2, 0) is 9.53 Å². The first-order valence-electron chi connectivity index (χ1n) is 12.7. The van der Waals surface area contributed by atoms with Gasteiger partial charge in [0, 0.05) is 28.4 Å². The van der Waals surface area contributed by atoms with Crippen LogP contribution in [0.4, 0.5) is 34.1 Å². The number of aliphatic imine (C=N–C) groups is 1. The van der Waals surface area contributed by atoms with Gasteiger partial charge in [0.2, 0.25) is 5.78 Å². The average molecular weight is 525 g/mol. The van der Waals surface area contributed by atoms with Crippen molar-refractivity contribution < 1.29 is 9.53 Å². The van der Waals surface area contributed by atoms with Gasteiger partial charge in [-0.1, -0.05) is 0 Å². The maximum atomic E-state index is 13.7. The second-order valence-electron chi connectivity index (χ2n) is 9.87. The first kappa shape index (κ1) is 27.3. The quantitative estimate of drug-likeness (QED) is 0.199. The molecule has 0 amide bonds. The number of nitrogens with zero attached hydrogens (tertiary/aromatic N) is 1. The molecule has 0 unspecified atom stereocenters. The van der Waals surface area contributed by atoms with E-state index < -0.39 is 0 Å². The molecular weight excluding hydrogens is 488 g/mol. The van der Waals surface area contributed by atoms with Crippen LogP contribution in [0.2, 0.25) is 0 Å². The van der Waals surface area contributed by atoms with Crippen LogP contribution >= 0.6 is 0 Å². The molecule has 0 saturated carbocycles. The van der Waals surface area contributed by atoms with Crippen LogP contribution in [0.25, 0.3) is 0 Å². The summed E-state index contributed by atoms with van der Waals surface area (Å²) in [6.45, 7) is 11.8. The third kappa shape index (κ3) is 5.05. The number of carbonyl (C=O) groups excluding carboxylic acids is 1. The summed E-state index contributed by atoms with van der Waals surface area (Å²) < 4.78 is 5.71. The van der Waals surface area contributed by atoms with E-state index >= 15 is 0 Å².